The Bertz CT molecular complexity index is 718. The zero-order valence-corrected chi connectivity index (χ0v) is 19.6. The van der Waals surface area contributed by atoms with Gasteiger partial charge in [0.15, 0.2) is 8.32 Å². The number of ketones is 1. The molecule has 3 saturated carbocycles. The van der Waals surface area contributed by atoms with Gasteiger partial charge in [0.2, 0.25) is 0 Å². The summed E-state index contributed by atoms with van der Waals surface area (Å²) in [6.45, 7) is 6.04. The largest absolute Gasteiger partial charge is 0.429 e. The van der Waals surface area contributed by atoms with Gasteiger partial charge < -0.3 is 4.43 Å². The number of Topliss-reactive ketones (excluding diaryl/α,β-unsaturated/α-hetero) is 1. The highest BCUT2D eigenvalue weighted by Crippen LogP contribution is 2.68. The molecule has 0 aromatic rings. The predicted octanol–water partition coefficient (Wildman–Crippen LogP) is 7.21. The first-order valence-corrected chi connectivity index (χ1v) is 14.4. The van der Waals surface area contributed by atoms with Gasteiger partial charge in [-0.1, -0.05) is 13.0 Å². The SMILES string of the molecule is C[C@]12CCCC(=O)C1CC[C@@H]2C1(CC=CC(O[Si](C)(C)C)(C(F)(F)F)C(F)(F)F)CC1. The Morgan fingerprint density at radius 2 is 1.61 bits per heavy atom. The van der Waals surface area contributed by atoms with Gasteiger partial charge in [-0.05, 0) is 87.4 Å². The van der Waals surface area contributed by atoms with Gasteiger partial charge in [-0.15, -0.1) is 0 Å². The van der Waals surface area contributed by atoms with Crippen LogP contribution >= 0.6 is 0 Å². The normalized spacial score (nSPS) is 31.9. The maximum Gasteiger partial charge on any atom is 0.429 e. The molecule has 3 fully saturated rings. The van der Waals surface area contributed by atoms with Crippen molar-refractivity contribution >= 4 is 14.1 Å². The number of hydrogen-bond acceptors (Lipinski definition) is 2. The van der Waals surface area contributed by atoms with Crippen LogP contribution in [-0.4, -0.2) is 32.1 Å². The molecule has 3 rings (SSSR count). The molecule has 0 aromatic carbocycles. The van der Waals surface area contributed by atoms with Gasteiger partial charge in [-0.3, -0.25) is 4.79 Å². The minimum Gasteiger partial charge on any atom is -0.394 e. The molecule has 3 atom stereocenters. The van der Waals surface area contributed by atoms with E-state index < -0.39 is 26.3 Å². The number of carbonyl (C=O) groups is 1. The first kappa shape index (κ1) is 24.8. The first-order chi connectivity index (χ1) is 14.0. The Labute approximate surface area is 180 Å². The van der Waals surface area contributed by atoms with Gasteiger partial charge >= 0.3 is 12.4 Å². The second-order valence-electron chi connectivity index (χ2n) is 10.9. The lowest BCUT2D eigenvalue weighted by molar-refractivity contribution is -0.340. The summed E-state index contributed by atoms with van der Waals surface area (Å²) >= 11 is 0. The highest BCUT2D eigenvalue weighted by atomic mass is 28.4. The molecule has 3 aliphatic carbocycles. The highest BCUT2D eigenvalue weighted by Gasteiger charge is 2.72. The molecule has 178 valence electrons. The van der Waals surface area contributed by atoms with Crippen molar-refractivity contribution < 1.29 is 35.6 Å². The van der Waals surface area contributed by atoms with Crippen LogP contribution in [0.25, 0.3) is 0 Å². The second-order valence-corrected chi connectivity index (χ2v) is 15.4. The molecule has 2 nitrogen and oxygen atoms in total. The lowest BCUT2D eigenvalue weighted by Crippen LogP contribution is -2.61. The van der Waals surface area contributed by atoms with Crippen molar-refractivity contribution in [3.63, 3.8) is 0 Å². The number of rotatable bonds is 6. The number of allylic oxidation sites excluding steroid dienone is 1. The summed E-state index contributed by atoms with van der Waals surface area (Å²) in [5.74, 6) is 0.398. The fourth-order valence-corrected chi connectivity index (χ4v) is 7.50. The van der Waals surface area contributed by atoms with Crippen LogP contribution < -0.4 is 0 Å². The van der Waals surface area contributed by atoms with Crippen LogP contribution in [0.1, 0.15) is 58.3 Å². The Balaban J connectivity index is 1.87. The van der Waals surface area contributed by atoms with Crippen molar-refractivity contribution in [2.24, 2.45) is 22.7 Å². The molecule has 0 saturated heterocycles. The Kier molecular flexibility index (Phi) is 6.08. The molecule has 0 aliphatic heterocycles. The zero-order valence-electron chi connectivity index (χ0n) is 18.6. The van der Waals surface area contributed by atoms with E-state index in [4.69, 9.17) is 4.43 Å². The Morgan fingerprint density at radius 3 is 2.10 bits per heavy atom. The van der Waals surface area contributed by atoms with Crippen molar-refractivity contribution in [2.45, 2.75) is 95.9 Å². The van der Waals surface area contributed by atoms with Gasteiger partial charge in [0, 0.05) is 12.3 Å². The van der Waals surface area contributed by atoms with Crippen LogP contribution in [0.2, 0.25) is 19.6 Å². The van der Waals surface area contributed by atoms with E-state index >= 15 is 0 Å². The van der Waals surface area contributed by atoms with Crippen molar-refractivity contribution in [2.75, 3.05) is 0 Å². The quantitative estimate of drug-likeness (QED) is 0.233. The van der Waals surface area contributed by atoms with E-state index in [0.717, 1.165) is 44.6 Å². The third-order valence-corrected chi connectivity index (χ3v) is 8.62. The molecule has 3 aliphatic rings. The molecule has 31 heavy (non-hydrogen) atoms. The molecule has 9 heteroatoms. The molecule has 0 N–H and O–H groups in total. The van der Waals surface area contributed by atoms with E-state index in [9.17, 15) is 31.1 Å². The minimum atomic E-state index is -5.61. The third kappa shape index (κ3) is 4.37. The van der Waals surface area contributed by atoms with E-state index in [-0.39, 0.29) is 40.9 Å². The average molecular weight is 471 g/mol. The summed E-state index contributed by atoms with van der Waals surface area (Å²) in [6.07, 6.45) is -4.38. The number of carbonyl (C=O) groups excluding carboxylic acids is 1. The van der Waals surface area contributed by atoms with Crippen LogP contribution in [0.3, 0.4) is 0 Å². The highest BCUT2D eigenvalue weighted by molar-refractivity contribution is 6.69. The molecule has 0 spiro atoms. The molecule has 0 amide bonds. The lowest BCUT2D eigenvalue weighted by atomic mass is 9.60. The summed E-state index contributed by atoms with van der Waals surface area (Å²) in [4.78, 5) is 12.4. The van der Waals surface area contributed by atoms with Crippen LogP contribution in [0.5, 0.6) is 0 Å². The predicted molar refractivity (Wildman–Crippen MR) is 108 cm³/mol. The van der Waals surface area contributed by atoms with E-state index in [1.165, 1.54) is 19.6 Å². The molecular formula is C22H32F6O2Si. The molecule has 1 unspecified atom stereocenters. The lowest BCUT2D eigenvalue weighted by Gasteiger charge is -2.43. The van der Waals surface area contributed by atoms with E-state index in [1.807, 2.05) is 0 Å². The third-order valence-electron chi connectivity index (χ3n) is 7.68. The standard InChI is InChI=1S/C22H32F6O2Si/c1-18-10-5-7-16(29)15(18)8-9-17(18)19(13-14-19)11-6-12-20(21(23,24)25,22(26,27)28)30-31(2,3)4/h6,12,15,17H,5,7-11,13-14H2,1-4H3/t15?,17-,18-/m0/s1. The number of halogens is 6. The monoisotopic (exact) mass is 470 g/mol. The van der Waals surface area contributed by atoms with Crippen molar-refractivity contribution in [3.05, 3.63) is 12.2 Å². The molecule has 0 radical (unpaired) electrons. The second kappa shape index (κ2) is 7.60. The van der Waals surface area contributed by atoms with Crippen LogP contribution in [0.4, 0.5) is 26.3 Å². The van der Waals surface area contributed by atoms with Crippen molar-refractivity contribution in [1.82, 2.24) is 0 Å². The van der Waals surface area contributed by atoms with Gasteiger partial charge in [-0.2, -0.15) is 26.3 Å². The summed E-state index contributed by atoms with van der Waals surface area (Å²) in [7, 11) is -3.19. The topological polar surface area (TPSA) is 26.3 Å². The molecule has 0 heterocycles. The van der Waals surface area contributed by atoms with Crippen LogP contribution in [0.15, 0.2) is 12.2 Å². The van der Waals surface area contributed by atoms with Gasteiger partial charge in [-0.25, -0.2) is 0 Å². The van der Waals surface area contributed by atoms with Gasteiger partial charge in [0.25, 0.3) is 5.60 Å². The fraction of sp³-hybridized carbons (Fsp3) is 0.864. The summed E-state index contributed by atoms with van der Waals surface area (Å²) in [6, 6.07) is 0. The summed E-state index contributed by atoms with van der Waals surface area (Å²) in [5.41, 5.74) is -4.79. The average Bonchev–Trinajstić information content (AvgIpc) is 3.25. The van der Waals surface area contributed by atoms with E-state index in [2.05, 4.69) is 6.92 Å². The van der Waals surface area contributed by atoms with E-state index in [1.54, 1.807) is 0 Å². The fourth-order valence-electron chi connectivity index (χ4n) is 6.23. The number of fused-ring (bicyclic) bond motifs is 1. The zero-order chi connectivity index (χ0) is 23.5. The van der Waals surface area contributed by atoms with Crippen molar-refractivity contribution in [1.29, 1.82) is 0 Å². The Morgan fingerprint density at radius 1 is 1.03 bits per heavy atom. The van der Waals surface area contributed by atoms with Crippen molar-refractivity contribution in [3.8, 4) is 0 Å². The molecular weight excluding hydrogens is 438 g/mol. The van der Waals surface area contributed by atoms with Gasteiger partial charge in [0.1, 0.15) is 5.78 Å². The number of alkyl halides is 6. The van der Waals surface area contributed by atoms with Gasteiger partial charge in [0.05, 0.1) is 0 Å². The maximum atomic E-state index is 13.8. The van der Waals surface area contributed by atoms with Crippen LogP contribution in [0, 0.1) is 22.7 Å². The summed E-state index contributed by atoms with van der Waals surface area (Å²) < 4.78 is 87.3. The molecule has 0 aromatic heterocycles. The molecule has 0 bridgehead atoms. The smallest absolute Gasteiger partial charge is 0.394 e. The Hall–Kier alpha value is -0.833. The summed E-state index contributed by atoms with van der Waals surface area (Å²) in [5, 5.41) is 0. The minimum absolute atomic E-state index is 0.0210. The van der Waals surface area contributed by atoms with Crippen LogP contribution in [-0.2, 0) is 9.22 Å². The maximum absolute atomic E-state index is 13.8. The van der Waals surface area contributed by atoms with E-state index in [0.29, 0.717) is 6.42 Å². The first-order valence-electron chi connectivity index (χ1n) is 11.0. The number of hydrogen-bond donors (Lipinski definition) is 0.